The van der Waals surface area contributed by atoms with Crippen molar-refractivity contribution in [3.63, 3.8) is 0 Å². The van der Waals surface area contributed by atoms with Crippen molar-refractivity contribution in [2.75, 3.05) is 26.7 Å². The van der Waals surface area contributed by atoms with Crippen LogP contribution in [0.5, 0.6) is 0 Å². The lowest BCUT2D eigenvalue weighted by molar-refractivity contribution is -0.132. The van der Waals surface area contributed by atoms with Gasteiger partial charge in [-0.2, -0.15) is 0 Å². The van der Waals surface area contributed by atoms with Gasteiger partial charge < -0.3 is 10.0 Å². The van der Waals surface area contributed by atoms with Crippen LogP contribution in [0.15, 0.2) is 17.5 Å². The monoisotopic (exact) mass is 270 g/mol. The molecule has 102 valence electrons. The predicted molar refractivity (Wildman–Crippen MR) is 74.6 cm³/mol. The molecule has 0 unspecified atom stereocenters. The number of likely N-dealkylation sites (N-methyl/N-ethyl adjacent to an activating group) is 1. The quantitative estimate of drug-likeness (QED) is 0.814. The highest BCUT2D eigenvalue weighted by Gasteiger charge is 2.16. The lowest BCUT2D eigenvalue weighted by Gasteiger charge is -2.27. The normalized spacial score (nSPS) is 11.2. The minimum atomic E-state index is 0.0834. The zero-order valence-electron chi connectivity index (χ0n) is 11.3. The molecule has 1 aromatic heterocycles. The molecular weight excluding hydrogens is 248 g/mol. The third-order valence-corrected chi connectivity index (χ3v) is 3.72. The zero-order valence-corrected chi connectivity index (χ0v) is 12.1. The molecule has 0 bridgehead atoms. The van der Waals surface area contributed by atoms with Gasteiger partial charge >= 0.3 is 0 Å². The fourth-order valence-electron chi connectivity index (χ4n) is 1.67. The predicted octanol–water partition coefficient (Wildman–Crippen LogP) is 1.41. The van der Waals surface area contributed by atoms with Gasteiger partial charge in [-0.15, -0.1) is 11.3 Å². The van der Waals surface area contributed by atoms with E-state index in [1.807, 2.05) is 43.3 Å². The Hall–Kier alpha value is -0.910. The molecule has 4 nitrogen and oxygen atoms in total. The average molecular weight is 270 g/mol. The Kier molecular flexibility index (Phi) is 6.32. The zero-order chi connectivity index (χ0) is 13.5. The molecule has 0 aliphatic rings. The number of hydrogen-bond donors (Lipinski definition) is 1. The summed E-state index contributed by atoms with van der Waals surface area (Å²) in [7, 11) is 1.82. The van der Waals surface area contributed by atoms with Crippen molar-refractivity contribution in [1.82, 2.24) is 9.80 Å². The molecule has 0 saturated heterocycles. The summed E-state index contributed by atoms with van der Waals surface area (Å²) in [5, 5.41) is 11.0. The maximum absolute atomic E-state index is 12.1. The Morgan fingerprint density at radius 1 is 1.50 bits per heavy atom. The molecule has 0 spiro atoms. The van der Waals surface area contributed by atoms with Crippen LogP contribution in [0.3, 0.4) is 0 Å². The number of nitrogens with zero attached hydrogens (tertiary/aromatic N) is 2. The van der Waals surface area contributed by atoms with E-state index in [1.54, 1.807) is 16.2 Å². The lowest BCUT2D eigenvalue weighted by atomic mass is 10.3. The van der Waals surface area contributed by atoms with Crippen molar-refractivity contribution in [3.8, 4) is 0 Å². The highest BCUT2D eigenvalue weighted by Crippen LogP contribution is 2.11. The molecule has 0 aliphatic carbocycles. The molecule has 1 aromatic rings. The Labute approximate surface area is 113 Å². The highest BCUT2D eigenvalue weighted by atomic mass is 32.1. The Bertz CT molecular complexity index is 352. The minimum absolute atomic E-state index is 0.0834. The van der Waals surface area contributed by atoms with E-state index in [2.05, 4.69) is 0 Å². The van der Waals surface area contributed by atoms with Gasteiger partial charge in [0.1, 0.15) is 0 Å². The number of aliphatic hydroxyl groups is 1. The number of thiophene rings is 1. The van der Waals surface area contributed by atoms with E-state index < -0.39 is 0 Å². The van der Waals surface area contributed by atoms with Gasteiger partial charge in [0, 0.05) is 24.5 Å². The summed E-state index contributed by atoms with van der Waals surface area (Å²) in [6.45, 7) is 5.70. The van der Waals surface area contributed by atoms with Gasteiger partial charge in [-0.25, -0.2) is 0 Å². The number of amides is 1. The fraction of sp³-hybridized carbons (Fsp3) is 0.615. The van der Waals surface area contributed by atoms with Crippen LogP contribution in [0.25, 0.3) is 0 Å². The summed E-state index contributed by atoms with van der Waals surface area (Å²) in [6.07, 6.45) is 0. The summed E-state index contributed by atoms with van der Waals surface area (Å²) < 4.78 is 0. The van der Waals surface area contributed by atoms with Crippen molar-refractivity contribution < 1.29 is 9.90 Å². The molecule has 0 saturated carbocycles. The van der Waals surface area contributed by atoms with Crippen LogP contribution < -0.4 is 0 Å². The van der Waals surface area contributed by atoms with Crippen LogP contribution in [0.4, 0.5) is 0 Å². The number of hydrogen-bond acceptors (Lipinski definition) is 4. The van der Waals surface area contributed by atoms with Crippen LogP contribution in [0.1, 0.15) is 18.7 Å². The van der Waals surface area contributed by atoms with Crippen molar-refractivity contribution in [1.29, 1.82) is 0 Å². The smallest absolute Gasteiger partial charge is 0.236 e. The first-order valence-corrected chi connectivity index (χ1v) is 7.03. The van der Waals surface area contributed by atoms with Crippen molar-refractivity contribution in [2.45, 2.75) is 26.4 Å². The number of carbonyl (C=O) groups is 1. The largest absolute Gasteiger partial charge is 0.395 e. The Balaban J connectivity index is 2.47. The molecular formula is C13H22N2O2S. The number of carbonyl (C=O) groups excluding carboxylic acids is 1. The van der Waals surface area contributed by atoms with Gasteiger partial charge in [0.2, 0.25) is 5.91 Å². The van der Waals surface area contributed by atoms with Crippen LogP contribution >= 0.6 is 11.3 Å². The second-order valence-corrected chi connectivity index (χ2v) is 5.65. The van der Waals surface area contributed by atoms with E-state index in [4.69, 9.17) is 5.11 Å². The SMILES string of the molecule is CC(C)N(CCO)CC(=O)N(C)Cc1cccs1. The molecule has 0 fully saturated rings. The van der Waals surface area contributed by atoms with Gasteiger partial charge in [0.25, 0.3) is 0 Å². The van der Waals surface area contributed by atoms with E-state index in [1.165, 1.54) is 4.88 Å². The fourth-order valence-corrected chi connectivity index (χ4v) is 2.42. The first-order valence-electron chi connectivity index (χ1n) is 6.16. The molecule has 1 rings (SSSR count). The van der Waals surface area contributed by atoms with Crippen molar-refractivity contribution >= 4 is 17.2 Å². The third-order valence-electron chi connectivity index (χ3n) is 2.85. The van der Waals surface area contributed by atoms with Crippen molar-refractivity contribution in [3.05, 3.63) is 22.4 Å². The molecule has 1 amide bonds. The van der Waals surface area contributed by atoms with Crippen molar-refractivity contribution in [2.24, 2.45) is 0 Å². The first kappa shape index (κ1) is 15.1. The summed E-state index contributed by atoms with van der Waals surface area (Å²) in [5.41, 5.74) is 0. The molecule has 1 N–H and O–H groups in total. The molecule has 5 heteroatoms. The lowest BCUT2D eigenvalue weighted by Crippen LogP contribution is -2.42. The van der Waals surface area contributed by atoms with E-state index in [-0.39, 0.29) is 18.6 Å². The van der Waals surface area contributed by atoms with Gasteiger partial charge in [-0.05, 0) is 25.3 Å². The third kappa shape index (κ3) is 4.76. The summed E-state index contributed by atoms with van der Waals surface area (Å²) in [4.78, 5) is 17.0. The van der Waals surface area contributed by atoms with Gasteiger partial charge in [0.15, 0.2) is 0 Å². The molecule has 0 aliphatic heterocycles. The molecule has 0 atom stereocenters. The van der Waals surface area contributed by atoms with Crippen LogP contribution in [-0.4, -0.2) is 53.6 Å². The van der Waals surface area contributed by atoms with Gasteiger partial charge in [0.05, 0.1) is 19.7 Å². The standard InChI is InChI=1S/C13H22N2O2S/c1-11(2)15(6-7-16)10-13(17)14(3)9-12-5-4-8-18-12/h4-5,8,11,16H,6-7,9-10H2,1-3H3. The summed E-state index contributed by atoms with van der Waals surface area (Å²) in [6, 6.07) is 4.28. The maximum atomic E-state index is 12.1. The van der Waals surface area contributed by atoms with Gasteiger partial charge in [-0.3, -0.25) is 9.69 Å². The van der Waals surface area contributed by atoms with E-state index >= 15 is 0 Å². The van der Waals surface area contributed by atoms with Crippen LogP contribution in [-0.2, 0) is 11.3 Å². The summed E-state index contributed by atoms with van der Waals surface area (Å²) >= 11 is 1.66. The number of aliphatic hydroxyl groups excluding tert-OH is 1. The van der Waals surface area contributed by atoms with E-state index in [0.29, 0.717) is 19.6 Å². The average Bonchev–Trinajstić information content (AvgIpc) is 2.80. The summed E-state index contributed by atoms with van der Waals surface area (Å²) in [5.74, 6) is 0.0885. The first-order chi connectivity index (χ1) is 8.54. The highest BCUT2D eigenvalue weighted by molar-refractivity contribution is 7.09. The maximum Gasteiger partial charge on any atom is 0.236 e. The van der Waals surface area contributed by atoms with Crippen LogP contribution in [0, 0.1) is 0 Å². The van der Waals surface area contributed by atoms with E-state index in [9.17, 15) is 4.79 Å². The molecule has 0 radical (unpaired) electrons. The van der Waals surface area contributed by atoms with E-state index in [0.717, 1.165) is 0 Å². The Morgan fingerprint density at radius 3 is 2.72 bits per heavy atom. The van der Waals surface area contributed by atoms with Gasteiger partial charge in [-0.1, -0.05) is 6.07 Å². The second-order valence-electron chi connectivity index (χ2n) is 4.62. The molecule has 0 aromatic carbocycles. The minimum Gasteiger partial charge on any atom is -0.395 e. The molecule has 1 heterocycles. The second kappa shape index (κ2) is 7.51. The van der Waals surface area contributed by atoms with Crippen LogP contribution in [0.2, 0.25) is 0 Å². The molecule has 18 heavy (non-hydrogen) atoms. The topological polar surface area (TPSA) is 43.8 Å². The number of rotatable bonds is 7. The Morgan fingerprint density at radius 2 is 2.22 bits per heavy atom.